The highest BCUT2D eigenvalue weighted by molar-refractivity contribution is 5.41. The minimum atomic E-state index is 0.544. The molecule has 0 bridgehead atoms. The van der Waals surface area contributed by atoms with Crippen molar-refractivity contribution in [1.29, 1.82) is 0 Å². The average Bonchev–Trinajstić information content (AvgIpc) is 2.90. The highest BCUT2D eigenvalue weighted by atomic mass is 15.3. The van der Waals surface area contributed by atoms with Crippen molar-refractivity contribution in [2.45, 2.75) is 58.2 Å². The number of pyridine rings is 1. The first kappa shape index (κ1) is 14.5. The van der Waals surface area contributed by atoms with Gasteiger partial charge in [-0.2, -0.15) is 0 Å². The number of hydrogen-bond donors (Lipinski definition) is 1. The SMILES string of the molecule is CC(C)N1CCCCC1Cc1nnc2cc(CN)ccn12. The van der Waals surface area contributed by atoms with Gasteiger partial charge in [-0.15, -0.1) is 10.2 Å². The number of piperidine rings is 1. The predicted octanol–water partition coefficient (Wildman–Crippen LogP) is 1.99. The molecule has 1 unspecified atom stereocenters. The van der Waals surface area contributed by atoms with E-state index in [4.69, 9.17) is 5.73 Å². The van der Waals surface area contributed by atoms with E-state index in [0.717, 1.165) is 23.5 Å². The molecule has 1 saturated heterocycles. The van der Waals surface area contributed by atoms with Gasteiger partial charge in [0, 0.05) is 31.2 Å². The molecule has 0 aromatic carbocycles. The van der Waals surface area contributed by atoms with Crippen LogP contribution in [0, 0.1) is 0 Å². The number of nitrogens with two attached hydrogens (primary N) is 1. The van der Waals surface area contributed by atoms with E-state index in [0.29, 0.717) is 18.6 Å². The van der Waals surface area contributed by atoms with Gasteiger partial charge in [0.15, 0.2) is 5.65 Å². The third-order valence-corrected chi connectivity index (χ3v) is 4.53. The summed E-state index contributed by atoms with van der Waals surface area (Å²) in [5.41, 5.74) is 7.69. The highest BCUT2D eigenvalue weighted by Crippen LogP contribution is 2.22. The summed E-state index contributed by atoms with van der Waals surface area (Å²) < 4.78 is 2.10. The minimum absolute atomic E-state index is 0.544. The predicted molar refractivity (Wildman–Crippen MR) is 84.1 cm³/mol. The molecule has 0 aliphatic carbocycles. The van der Waals surface area contributed by atoms with Crippen molar-refractivity contribution in [3.05, 3.63) is 29.7 Å². The average molecular weight is 287 g/mol. The summed E-state index contributed by atoms with van der Waals surface area (Å²) in [4.78, 5) is 2.61. The normalized spacial score (nSPS) is 20.5. The van der Waals surface area contributed by atoms with Crippen molar-refractivity contribution >= 4 is 5.65 Å². The van der Waals surface area contributed by atoms with E-state index in [1.165, 1.54) is 25.8 Å². The molecule has 2 aromatic rings. The monoisotopic (exact) mass is 287 g/mol. The second-order valence-electron chi connectivity index (χ2n) is 6.27. The maximum absolute atomic E-state index is 5.68. The van der Waals surface area contributed by atoms with Gasteiger partial charge in [-0.05, 0) is 50.9 Å². The maximum Gasteiger partial charge on any atom is 0.161 e. The van der Waals surface area contributed by atoms with Crippen LogP contribution in [0.3, 0.4) is 0 Å². The maximum atomic E-state index is 5.68. The zero-order valence-corrected chi connectivity index (χ0v) is 13.0. The van der Waals surface area contributed by atoms with Crippen molar-refractivity contribution in [2.24, 2.45) is 5.73 Å². The van der Waals surface area contributed by atoms with Crippen LogP contribution < -0.4 is 5.73 Å². The van der Waals surface area contributed by atoms with E-state index in [2.05, 4.69) is 45.6 Å². The lowest BCUT2D eigenvalue weighted by Gasteiger charge is -2.38. The van der Waals surface area contributed by atoms with E-state index < -0.39 is 0 Å². The van der Waals surface area contributed by atoms with Crippen LogP contribution in [0.15, 0.2) is 18.3 Å². The quantitative estimate of drug-likeness (QED) is 0.934. The molecule has 114 valence electrons. The number of rotatable bonds is 4. The molecule has 2 N–H and O–H groups in total. The number of fused-ring (bicyclic) bond motifs is 1. The summed E-state index contributed by atoms with van der Waals surface area (Å²) in [6, 6.07) is 5.26. The lowest BCUT2D eigenvalue weighted by molar-refractivity contribution is 0.110. The van der Waals surface area contributed by atoms with Gasteiger partial charge in [-0.25, -0.2) is 0 Å². The summed E-state index contributed by atoms with van der Waals surface area (Å²) >= 11 is 0. The van der Waals surface area contributed by atoms with E-state index in [1.807, 2.05) is 6.07 Å². The Morgan fingerprint density at radius 3 is 2.95 bits per heavy atom. The Balaban J connectivity index is 1.83. The molecule has 5 nitrogen and oxygen atoms in total. The standard InChI is InChI=1S/C16H25N5/c1-12(2)20-7-4-3-5-14(20)10-16-19-18-15-9-13(11-17)6-8-21(15)16/h6,8-9,12,14H,3-5,7,10-11,17H2,1-2H3. The van der Waals surface area contributed by atoms with Crippen LogP contribution in [-0.2, 0) is 13.0 Å². The third-order valence-electron chi connectivity index (χ3n) is 4.53. The smallest absolute Gasteiger partial charge is 0.161 e. The first-order valence-corrected chi connectivity index (χ1v) is 7.97. The molecule has 0 radical (unpaired) electrons. The van der Waals surface area contributed by atoms with Crippen molar-refractivity contribution in [3.8, 4) is 0 Å². The van der Waals surface area contributed by atoms with Gasteiger partial charge in [-0.1, -0.05) is 6.42 Å². The van der Waals surface area contributed by atoms with Crippen LogP contribution in [-0.4, -0.2) is 38.1 Å². The Morgan fingerprint density at radius 1 is 1.33 bits per heavy atom. The molecule has 2 aromatic heterocycles. The number of hydrogen-bond acceptors (Lipinski definition) is 4. The van der Waals surface area contributed by atoms with Crippen LogP contribution in [0.5, 0.6) is 0 Å². The first-order chi connectivity index (χ1) is 10.2. The summed E-state index contributed by atoms with van der Waals surface area (Å²) in [7, 11) is 0. The third kappa shape index (κ3) is 2.94. The van der Waals surface area contributed by atoms with Crippen molar-refractivity contribution in [1.82, 2.24) is 19.5 Å². The largest absolute Gasteiger partial charge is 0.326 e. The molecule has 3 rings (SSSR count). The fourth-order valence-corrected chi connectivity index (χ4v) is 3.38. The number of aromatic nitrogens is 3. The van der Waals surface area contributed by atoms with Gasteiger partial charge < -0.3 is 5.73 Å². The summed E-state index contributed by atoms with van der Waals surface area (Å²) in [6.45, 7) is 6.32. The summed E-state index contributed by atoms with van der Waals surface area (Å²) in [5, 5.41) is 8.71. The van der Waals surface area contributed by atoms with Gasteiger partial charge in [0.1, 0.15) is 5.82 Å². The van der Waals surface area contributed by atoms with Crippen molar-refractivity contribution < 1.29 is 0 Å². The fourth-order valence-electron chi connectivity index (χ4n) is 3.38. The molecule has 1 atom stereocenters. The van der Waals surface area contributed by atoms with E-state index in [1.54, 1.807) is 0 Å². The zero-order valence-electron chi connectivity index (χ0n) is 13.0. The van der Waals surface area contributed by atoms with Gasteiger partial charge in [0.05, 0.1) is 0 Å². The van der Waals surface area contributed by atoms with E-state index in [-0.39, 0.29) is 0 Å². The molecular formula is C16H25N5. The number of nitrogens with zero attached hydrogens (tertiary/aromatic N) is 4. The Hall–Kier alpha value is -1.46. The van der Waals surface area contributed by atoms with Crippen LogP contribution in [0.4, 0.5) is 0 Å². The van der Waals surface area contributed by atoms with Crippen molar-refractivity contribution in [3.63, 3.8) is 0 Å². The second-order valence-corrected chi connectivity index (χ2v) is 6.27. The molecule has 0 saturated carbocycles. The Kier molecular flexibility index (Phi) is 4.22. The second kappa shape index (κ2) is 6.12. The fraction of sp³-hybridized carbons (Fsp3) is 0.625. The lowest BCUT2D eigenvalue weighted by Crippen LogP contribution is -2.45. The molecule has 0 spiro atoms. The zero-order chi connectivity index (χ0) is 14.8. The number of likely N-dealkylation sites (tertiary alicyclic amines) is 1. The van der Waals surface area contributed by atoms with Crippen LogP contribution in [0.1, 0.15) is 44.5 Å². The molecular weight excluding hydrogens is 262 g/mol. The topological polar surface area (TPSA) is 59.5 Å². The molecule has 21 heavy (non-hydrogen) atoms. The molecule has 3 heterocycles. The van der Waals surface area contributed by atoms with Gasteiger partial charge in [0.2, 0.25) is 0 Å². The lowest BCUT2D eigenvalue weighted by atomic mass is 9.97. The van der Waals surface area contributed by atoms with Gasteiger partial charge >= 0.3 is 0 Å². The summed E-state index contributed by atoms with van der Waals surface area (Å²) in [6.07, 6.45) is 6.92. The Bertz CT molecular complexity index is 604. The Labute approximate surface area is 126 Å². The van der Waals surface area contributed by atoms with E-state index in [9.17, 15) is 0 Å². The molecule has 1 aliphatic heterocycles. The van der Waals surface area contributed by atoms with Crippen LogP contribution in [0.2, 0.25) is 0 Å². The van der Waals surface area contributed by atoms with Crippen LogP contribution in [0.25, 0.3) is 5.65 Å². The highest BCUT2D eigenvalue weighted by Gasteiger charge is 2.26. The Morgan fingerprint density at radius 2 is 2.19 bits per heavy atom. The van der Waals surface area contributed by atoms with E-state index >= 15 is 0 Å². The molecule has 1 fully saturated rings. The molecule has 1 aliphatic rings. The van der Waals surface area contributed by atoms with Gasteiger partial charge in [-0.3, -0.25) is 9.30 Å². The summed E-state index contributed by atoms with van der Waals surface area (Å²) in [5.74, 6) is 1.06. The van der Waals surface area contributed by atoms with Gasteiger partial charge in [0.25, 0.3) is 0 Å². The molecule has 5 heteroatoms. The first-order valence-electron chi connectivity index (χ1n) is 7.97. The molecule has 0 amide bonds. The van der Waals surface area contributed by atoms with Crippen molar-refractivity contribution in [2.75, 3.05) is 6.54 Å². The van der Waals surface area contributed by atoms with Crippen LogP contribution >= 0.6 is 0 Å². The minimum Gasteiger partial charge on any atom is -0.326 e.